The van der Waals surface area contributed by atoms with Gasteiger partial charge in [-0.1, -0.05) is 6.07 Å². The van der Waals surface area contributed by atoms with Crippen molar-refractivity contribution in [1.29, 1.82) is 0 Å². The van der Waals surface area contributed by atoms with Crippen LogP contribution in [0.15, 0.2) is 18.2 Å². The minimum Gasteiger partial charge on any atom is -0.381 e. The lowest BCUT2D eigenvalue weighted by molar-refractivity contribution is -0.384. The van der Waals surface area contributed by atoms with Crippen molar-refractivity contribution in [1.82, 2.24) is 5.32 Å². The summed E-state index contributed by atoms with van der Waals surface area (Å²) in [7, 11) is 0. The van der Waals surface area contributed by atoms with Gasteiger partial charge < -0.3 is 15.5 Å². The smallest absolute Gasteiger partial charge is 0.294 e. The zero-order chi connectivity index (χ0) is 15.5. The largest absolute Gasteiger partial charge is 0.381 e. The first kappa shape index (κ1) is 15.2. The maximum atomic E-state index is 12.4. The second-order valence-electron chi connectivity index (χ2n) is 5.23. The van der Waals surface area contributed by atoms with Crippen LogP contribution < -0.4 is 16.6 Å². The summed E-state index contributed by atoms with van der Waals surface area (Å²) in [5.74, 6) is 4.95. The Morgan fingerprint density at radius 3 is 2.67 bits per heavy atom. The summed E-state index contributed by atoms with van der Waals surface area (Å²) in [4.78, 5) is 22.8. The Hall–Kier alpha value is -2.19. The van der Waals surface area contributed by atoms with Gasteiger partial charge in [0.25, 0.3) is 11.6 Å². The quantitative estimate of drug-likeness (QED) is 0.436. The number of nitrogens with two attached hydrogens (primary N) is 1. The van der Waals surface area contributed by atoms with Gasteiger partial charge >= 0.3 is 0 Å². The number of carbonyl (C=O) groups is 1. The number of hydrogen-bond donors (Lipinski definition) is 3. The number of para-hydroxylation sites is 1. The van der Waals surface area contributed by atoms with E-state index in [4.69, 9.17) is 10.6 Å². The van der Waals surface area contributed by atoms with Gasteiger partial charge in [-0.2, -0.15) is 0 Å². The molecule has 0 aliphatic carbocycles. The zero-order valence-electron chi connectivity index (χ0n) is 11.7. The Morgan fingerprint density at radius 1 is 1.43 bits per heavy atom. The van der Waals surface area contributed by atoms with Crippen LogP contribution in [0.2, 0.25) is 0 Å². The SMILES string of the molecule is CC1(NC(=O)c2cccc([N+](=O)[O-])c2NN)CCOCC1. The fourth-order valence-corrected chi connectivity index (χ4v) is 2.32. The third kappa shape index (κ3) is 3.29. The molecular formula is C13H18N4O4. The van der Waals surface area contributed by atoms with Crippen LogP contribution in [0.3, 0.4) is 0 Å². The highest BCUT2D eigenvalue weighted by atomic mass is 16.6. The Kier molecular flexibility index (Phi) is 4.39. The molecule has 0 spiro atoms. The number of nitrogens with zero attached hydrogens (tertiary/aromatic N) is 1. The van der Waals surface area contributed by atoms with Crippen LogP contribution in [0.25, 0.3) is 0 Å². The van der Waals surface area contributed by atoms with Gasteiger partial charge in [-0.05, 0) is 25.8 Å². The summed E-state index contributed by atoms with van der Waals surface area (Å²) in [6, 6.07) is 4.25. The number of carbonyl (C=O) groups excluding carboxylic acids is 1. The normalized spacial score (nSPS) is 17.0. The van der Waals surface area contributed by atoms with Crippen LogP contribution in [0.1, 0.15) is 30.1 Å². The summed E-state index contributed by atoms with van der Waals surface area (Å²) in [5, 5.41) is 13.9. The van der Waals surface area contributed by atoms with Crippen LogP contribution in [-0.4, -0.2) is 29.6 Å². The molecule has 21 heavy (non-hydrogen) atoms. The number of hydrazine groups is 1. The van der Waals surface area contributed by atoms with Crippen molar-refractivity contribution in [3.05, 3.63) is 33.9 Å². The molecule has 1 heterocycles. The molecule has 0 saturated carbocycles. The number of anilines is 1. The molecule has 1 aromatic carbocycles. The van der Waals surface area contributed by atoms with E-state index < -0.39 is 10.8 Å². The number of amides is 1. The van der Waals surface area contributed by atoms with E-state index in [-0.39, 0.29) is 22.5 Å². The average molecular weight is 294 g/mol. The fraction of sp³-hybridized carbons (Fsp3) is 0.462. The molecule has 0 atom stereocenters. The minimum absolute atomic E-state index is 0.00987. The number of nitrogens with one attached hydrogen (secondary N) is 2. The molecule has 2 rings (SSSR count). The Labute approximate surface area is 121 Å². The number of nitro benzene ring substituents is 1. The van der Waals surface area contributed by atoms with Crippen LogP contribution in [0.5, 0.6) is 0 Å². The maximum absolute atomic E-state index is 12.4. The first-order valence-corrected chi connectivity index (χ1v) is 6.61. The number of nitrogen functional groups attached to an aromatic ring is 1. The molecular weight excluding hydrogens is 276 g/mol. The van der Waals surface area contributed by atoms with Crippen molar-refractivity contribution in [3.63, 3.8) is 0 Å². The first-order valence-electron chi connectivity index (χ1n) is 6.61. The van der Waals surface area contributed by atoms with E-state index in [9.17, 15) is 14.9 Å². The highest BCUT2D eigenvalue weighted by Crippen LogP contribution is 2.28. The number of ether oxygens (including phenoxy) is 1. The maximum Gasteiger partial charge on any atom is 0.294 e. The molecule has 1 amide bonds. The highest BCUT2D eigenvalue weighted by Gasteiger charge is 2.31. The summed E-state index contributed by atoms with van der Waals surface area (Å²) in [6.07, 6.45) is 1.39. The molecule has 0 unspecified atom stereocenters. The third-order valence-corrected chi connectivity index (χ3v) is 3.64. The van der Waals surface area contributed by atoms with Gasteiger partial charge in [0.15, 0.2) is 0 Å². The van der Waals surface area contributed by atoms with E-state index in [2.05, 4.69) is 10.7 Å². The lowest BCUT2D eigenvalue weighted by atomic mass is 9.92. The fourth-order valence-electron chi connectivity index (χ4n) is 2.32. The van der Waals surface area contributed by atoms with E-state index >= 15 is 0 Å². The van der Waals surface area contributed by atoms with Crippen molar-refractivity contribution in [2.75, 3.05) is 18.6 Å². The van der Waals surface area contributed by atoms with Crippen molar-refractivity contribution >= 4 is 17.3 Å². The zero-order valence-corrected chi connectivity index (χ0v) is 11.7. The van der Waals surface area contributed by atoms with Crippen molar-refractivity contribution in [2.24, 2.45) is 5.84 Å². The van der Waals surface area contributed by atoms with E-state index in [0.29, 0.717) is 26.1 Å². The minimum atomic E-state index is -0.581. The van der Waals surface area contributed by atoms with Gasteiger partial charge in [-0.15, -0.1) is 0 Å². The molecule has 4 N–H and O–H groups in total. The molecule has 0 radical (unpaired) electrons. The molecule has 1 aliphatic heterocycles. The lowest BCUT2D eigenvalue weighted by Gasteiger charge is -2.34. The van der Waals surface area contributed by atoms with Gasteiger partial charge in [-0.25, -0.2) is 0 Å². The summed E-state index contributed by atoms with van der Waals surface area (Å²) >= 11 is 0. The predicted octanol–water partition coefficient (Wildman–Crippen LogP) is 1.18. The summed E-state index contributed by atoms with van der Waals surface area (Å²) < 4.78 is 5.27. The summed E-state index contributed by atoms with van der Waals surface area (Å²) in [6.45, 7) is 3.09. The number of benzene rings is 1. The third-order valence-electron chi connectivity index (χ3n) is 3.64. The monoisotopic (exact) mass is 294 g/mol. The second-order valence-corrected chi connectivity index (χ2v) is 5.23. The van der Waals surface area contributed by atoms with Crippen molar-refractivity contribution in [2.45, 2.75) is 25.3 Å². The molecule has 1 fully saturated rings. The van der Waals surface area contributed by atoms with Gasteiger partial charge in [0, 0.05) is 24.8 Å². The van der Waals surface area contributed by atoms with Crippen LogP contribution in [-0.2, 0) is 4.74 Å². The molecule has 0 aromatic heterocycles. The van der Waals surface area contributed by atoms with Crippen LogP contribution >= 0.6 is 0 Å². The number of nitro groups is 1. The second kappa shape index (κ2) is 6.06. The van der Waals surface area contributed by atoms with Crippen molar-refractivity contribution < 1.29 is 14.5 Å². The van der Waals surface area contributed by atoms with Gasteiger partial charge in [0.2, 0.25) is 0 Å². The van der Waals surface area contributed by atoms with Crippen molar-refractivity contribution in [3.8, 4) is 0 Å². The molecule has 1 aliphatic rings. The molecule has 1 aromatic rings. The standard InChI is InChI=1S/C13H18N4O4/c1-13(5-7-21-8-6-13)15-12(18)9-3-2-4-10(17(19)20)11(9)16-14/h2-4,16H,5-8,14H2,1H3,(H,15,18). The number of rotatable bonds is 4. The Bertz CT molecular complexity index is 555. The average Bonchev–Trinajstić information content (AvgIpc) is 2.46. The van der Waals surface area contributed by atoms with Gasteiger partial charge in [-0.3, -0.25) is 20.8 Å². The lowest BCUT2D eigenvalue weighted by Crippen LogP contribution is -2.49. The predicted molar refractivity (Wildman–Crippen MR) is 76.8 cm³/mol. The Balaban J connectivity index is 2.26. The van der Waals surface area contributed by atoms with Crippen LogP contribution in [0, 0.1) is 10.1 Å². The summed E-state index contributed by atoms with van der Waals surface area (Å²) in [5.41, 5.74) is 1.79. The van der Waals surface area contributed by atoms with E-state index in [1.54, 1.807) is 0 Å². The molecule has 0 bridgehead atoms. The highest BCUT2D eigenvalue weighted by molar-refractivity contribution is 6.01. The van der Waals surface area contributed by atoms with E-state index in [0.717, 1.165) is 0 Å². The molecule has 8 nitrogen and oxygen atoms in total. The van der Waals surface area contributed by atoms with Crippen LogP contribution in [0.4, 0.5) is 11.4 Å². The Morgan fingerprint density at radius 2 is 2.10 bits per heavy atom. The van der Waals surface area contributed by atoms with E-state index in [1.165, 1.54) is 18.2 Å². The number of hydrogen-bond acceptors (Lipinski definition) is 6. The molecule has 8 heteroatoms. The molecule has 114 valence electrons. The topological polar surface area (TPSA) is 120 Å². The van der Waals surface area contributed by atoms with Gasteiger partial charge in [0.05, 0.1) is 10.5 Å². The van der Waals surface area contributed by atoms with E-state index in [1.807, 2.05) is 6.92 Å². The van der Waals surface area contributed by atoms with Gasteiger partial charge in [0.1, 0.15) is 5.69 Å². The first-order chi connectivity index (χ1) is 9.97. The molecule has 1 saturated heterocycles.